The highest BCUT2D eigenvalue weighted by molar-refractivity contribution is 4.75. The zero-order valence-corrected chi connectivity index (χ0v) is 10.5. The monoisotopic (exact) mass is 201 g/mol. The molecule has 0 radical (unpaired) electrons. The van der Waals surface area contributed by atoms with Gasteiger partial charge >= 0.3 is 0 Å². The topological polar surface area (TPSA) is 12.5 Å². The van der Waals surface area contributed by atoms with E-state index < -0.39 is 0 Å². The van der Waals surface area contributed by atoms with Crippen LogP contribution in [0.1, 0.15) is 47.0 Å². The Morgan fingerprint density at radius 3 is 2.43 bits per heavy atom. The fraction of sp³-hybridized carbons (Fsp3) is 1.00. The van der Waals surface area contributed by atoms with Gasteiger partial charge in [-0.05, 0) is 46.7 Å². The van der Waals surface area contributed by atoms with E-state index in [1.54, 1.807) is 0 Å². The normalized spacial score (nSPS) is 22.3. The first-order valence-corrected chi connectivity index (χ1v) is 6.02. The van der Waals surface area contributed by atoms with Crippen LogP contribution in [-0.2, 0) is 4.74 Å². The molecule has 1 aliphatic rings. The Morgan fingerprint density at radius 1 is 1.36 bits per heavy atom. The van der Waals surface area contributed by atoms with Gasteiger partial charge in [0.15, 0.2) is 0 Å². The molecule has 0 aromatic heterocycles. The smallest absolute Gasteiger partial charge is 0.0518 e. The van der Waals surface area contributed by atoms with Crippen molar-refractivity contribution < 1.29 is 4.74 Å². The number of hydrogen-bond donors (Lipinski definition) is 0. The van der Waals surface area contributed by atoms with Crippen LogP contribution in [0.2, 0.25) is 0 Å². The van der Waals surface area contributed by atoms with E-state index in [1.807, 2.05) is 13.8 Å². The molecule has 1 unspecified atom stereocenters. The van der Waals surface area contributed by atoms with E-state index in [-0.39, 0.29) is 0 Å². The molecule has 0 spiro atoms. The minimum atomic E-state index is 0.386. The van der Waals surface area contributed by atoms with Gasteiger partial charge in [0.2, 0.25) is 0 Å². The quantitative estimate of drug-likeness (QED) is 0.693. The first-order chi connectivity index (χ1) is 6.70. The summed E-state index contributed by atoms with van der Waals surface area (Å²) in [6, 6.07) is 0.781. The average molecular weight is 201 g/mol. The molecular weight excluding hydrogens is 174 g/mol. The predicted octanol–water partition coefficient (Wildman–Crippen LogP) is 2.92. The molecule has 1 saturated heterocycles. The Morgan fingerprint density at radius 2 is 2.00 bits per heavy atom. The Kier molecular flexibility index (Phi) is 8.20. The highest BCUT2D eigenvalue weighted by Crippen LogP contribution is 2.17. The second-order valence-corrected chi connectivity index (χ2v) is 3.98. The van der Waals surface area contributed by atoms with Crippen LogP contribution in [-0.4, -0.2) is 37.2 Å². The van der Waals surface area contributed by atoms with E-state index in [0.717, 1.165) is 12.6 Å². The summed E-state index contributed by atoms with van der Waals surface area (Å²) in [5.74, 6) is 0. The van der Waals surface area contributed by atoms with Gasteiger partial charge in [-0.15, -0.1) is 0 Å². The number of ether oxygens (including phenoxy) is 1. The first-order valence-electron chi connectivity index (χ1n) is 6.02. The van der Waals surface area contributed by atoms with Crippen LogP contribution in [0.15, 0.2) is 0 Å². The molecule has 0 saturated carbocycles. The van der Waals surface area contributed by atoms with Crippen LogP contribution in [0.25, 0.3) is 0 Å². The van der Waals surface area contributed by atoms with Crippen LogP contribution in [0.4, 0.5) is 0 Å². The van der Waals surface area contributed by atoms with Gasteiger partial charge in [-0.1, -0.05) is 13.8 Å². The molecule has 86 valence electrons. The molecule has 0 aromatic rings. The highest BCUT2D eigenvalue weighted by atomic mass is 16.5. The second kappa shape index (κ2) is 8.25. The third-order valence-corrected chi connectivity index (χ3v) is 2.57. The summed E-state index contributed by atoms with van der Waals surface area (Å²) in [6.45, 7) is 10.4. The van der Waals surface area contributed by atoms with Crippen molar-refractivity contribution in [2.75, 3.05) is 20.2 Å². The van der Waals surface area contributed by atoms with Crippen LogP contribution >= 0.6 is 0 Å². The minimum absolute atomic E-state index is 0.386. The lowest BCUT2D eigenvalue weighted by atomic mass is 10.1. The maximum absolute atomic E-state index is 5.53. The van der Waals surface area contributed by atoms with E-state index in [9.17, 15) is 0 Å². The summed E-state index contributed by atoms with van der Waals surface area (Å²) in [4.78, 5) is 2.45. The van der Waals surface area contributed by atoms with E-state index in [2.05, 4.69) is 25.8 Å². The van der Waals surface area contributed by atoms with Crippen molar-refractivity contribution >= 4 is 0 Å². The van der Waals surface area contributed by atoms with Gasteiger partial charge in [0.1, 0.15) is 0 Å². The molecule has 2 nitrogen and oxygen atoms in total. The van der Waals surface area contributed by atoms with Gasteiger partial charge in [-0.25, -0.2) is 0 Å². The summed E-state index contributed by atoms with van der Waals surface area (Å²) in [5, 5.41) is 0. The fourth-order valence-electron chi connectivity index (χ4n) is 1.78. The summed E-state index contributed by atoms with van der Waals surface area (Å²) in [7, 11) is 2.22. The summed E-state index contributed by atoms with van der Waals surface area (Å²) < 4.78 is 5.53. The van der Waals surface area contributed by atoms with E-state index in [1.165, 1.54) is 25.8 Å². The van der Waals surface area contributed by atoms with Crippen molar-refractivity contribution in [2.45, 2.75) is 59.1 Å². The van der Waals surface area contributed by atoms with Gasteiger partial charge < -0.3 is 9.64 Å². The molecule has 0 aliphatic carbocycles. The van der Waals surface area contributed by atoms with Crippen molar-refractivity contribution in [1.82, 2.24) is 4.90 Å². The molecule has 1 aliphatic heterocycles. The summed E-state index contributed by atoms with van der Waals surface area (Å²) in [6.07, 6.45) is 4.31. The van der Waals surface area contributed by atoms with Gasteiger partial charge in [0.05, 0.1) is 6.10 Å². The molecule has 2 heteroatoms. The first kappa shape index (κ1) is 13.9. The molecule has 1 atom stereocenters. The molecule has 0 aromatic carbocycles. The number of rotatable bonds is 4. The average Bonchev–Trinajstić information content (AvgIpc) is 2.55. The third kappa shape index (κ3) is 5.61. The lowest BCUT2D eigenvalue weighted by molar-refractivity contribution is 0.0652. The van der Waals surface area contributed by atoms with Crippen molar-refractivity contribution in [3.8, 4) is 0 Å². The molecule has 0 bridgehead atoms. The van der Waals surface area contributed by atoms with Crippen LogP contribution in [0.3, 0.4) is 0 Å². The summed E-state index contributed by atoms with van der Waals surface area (Å²) in [5.41, 5.74) is 0. The van der Waals surface area contributed by atoms with Crippen LogP contribution in [0, 0.1) is 0 Å². The Hall–Kier alpha value is -0.0800. The number of hydrogen-bond acceptors (Lipinski definition) is 2. The van der Waals surface area contributed by atoms with Gasteiger partial charge in [0.25, 0.3) is 0 Å². The molecule has 0 amide bonds. The standard InChI is InChI=1S/C10H21NO.C2H6/c1-9(2)12-8-6-10-5-4-7-11(10)3;1-2/h9-10H,4-8H2,1-3H3;1-2H3. The molecule has 1 heterocycles. The van der Waals surface area contributed by atoms with Gasteiger partial charge in [0, 0.05) is 12.6 Å². The lowest BCUT2D eigenvalue weighted by Gasteiger charge is -2.19. The van der Waals surface area contributed by atoms with Gasteiger partial charge in [-0.3, -0.25) is 0 Å². The van der Waals surface area contributed by atoms with E-state index in [0.29, 0.717) is 6.10 Å². The number of nitrogens with zero attached hydrogens (tertiary/aromatic N) is 1. The fourth-order valence-corrected chi connectivity index (χ4v) is 1.78. The molecule has 14 heavy (non-hydrogen) atoms. The van der Waals surface area contributed by atoms with E-state index >= 15 is 0 Å². The molecule has 1 fully saturated rings. The second-order valence-electron chi connectivity index (χ2n) is 3.98. The summed E-state index contributed by atoms with van der Waals surface area (Å²) >= 11 is 0. The van der Waals surface area contributed by atoms with Crippen molar-refractivity contribution in [2.24, 2.45) is 0 Å². The maximum Gasteiger partial charge on any atom is 0.0518 e. The maximum atomic E-state index is 5.53. The Labute approximate surface area is 89.6 Å². The van der Waals surface area contributed by atoms with E-state index in [4.69, 9.17) is 4.74 Å². The highest BCUT2D eigenvalue weighted by Gasteiger charge is 2.19. The van der Waals surface area contributed by atoms with Gasteiger partial charge in [-0.2, -0.15) is 0 Å². The number of likely N-dealkylation sites (tertiary alicyclic amines) is 1. The minimum Gasteiger partial charge on any atom is -0.379 e. The zero-order chi connectivity index (χ0) is 11.0. The third-order valence-electron chi connectivity index (χ3n) is 2.57. The lowest BCUT2D eigenvalue weighted by Crippen LogP contribution is -2.26. The van der Waals surface area contributed by atoms with Crippen LogP contribution in [0.5, 0.6) is 0 Å². The zero-order valence-electron chi connectivity index (χ0n) is 10.5. The molecule has 0 N–H and O–H groups in total. The molecular formula is C12H27NO. The Bertz CT molecular complexity index is 125. The van der Waals surface area contributed by atoms with Crippen LogP contribution < -0.4 is 0 Å². The Balaban J connectivity index is 0.000000791. The predicted molar refractivity (Wildman–Crippen MR) is 62.7 cm³/mol. The van der Waals surface area contributed by atoms with Crippen molar-refractivity contribution in [3.05, 3.63) is 0 Å². The molecule has 1 rings (SSSR count). The SMILES string of the molecule is CC.CC(C)OCCC1CCCN1C. The van der Waals surface area contributed by atoms with Crippen molar-refractivity contribution in [3.63, 3.8) is 0 Å². The van der Waals surface area contributed by atoms with Crippen molar-refractivity contribution in [1.29, 1.82) is 0 Å². The largest absolute Gasteiger partial charge is 0.379 e.